The molecule has 0 aromatic carbocycles. The Morgan fingerprint density at radius 3 is 2.31 bits per heavy atom. The number of aliphatic hydroxyl groups excluding tert-OH is 1. The molecule has 0 atom stereocenters. The number of aromatic nitrogens is 1. The minimum Gasteiger partial charge on any atom is -0.396 e. The second-order valence-electron chi connectivity index (χ2n) is 5.10. The van der Waals surface area contributed by atoms with Gasteiger partial charge in [0.1, 0.15) is 0 Å². The van der Waals surface area contributed by atoms with Gasteiger partial charge in [0.05, 0.1) is 13.2 Å². The first-order valence-electron chi connectivity index (χ1n) is 5.92. The quantitative estimate of drug-likeness (QED) is 0.838. The SMILES string of the molecule is OCC1(C2(c3ccncc3)COC2)CCC1. The van der Waals surface area contributed by atoms with Crippen LogP contribution >= 0.6 is 0 Å². The summed E-state index contributed by atoms with van der Waals surface area (Å²) in [5.74, 6) is 0. The van der Waals surface area contributed by atoms with E-state index in [0.29, 0.717) is 0 Å². The minimum atomic E-state index is 0.0446. The number of ether oxygens (including phenoxy) is 1. The molecule has 0 bridgehead atoms. The first-order chi connectivity index (χ1) is 7.83. The Hall–Kier alpha value is -0.930. The number of nitrogens with zero attached hydrogens (tertiary/aromatic N) is 1. The van der Waals surface area contributed by atoms with Crippen LogP contribution in [0, 0.1) is 5.41 Å². The van der Waals surface area contributed by atoms with Crippen molar-refractivity contribution in [2.24, 2.45) is 5.41 Å². The molecule has 0 spiro atoms. The standard InChI is InChI=1S/C13H17NO2/c15-8-12(4-1-5-12)13(9-16-10-13)11-2-6-14-7-3-11/h2-3,6-7,15H,1,4-5,8-10H2. The number of pyridine rings is 1. The fourth-order valence-corrected chi connectivity index (χ4v) is 3.15. The fraction of sp³-hybridized carbons (Fsp3) is 0.615. The molecule has 3 rings (SSSR count). The van der Waals surface area contributed by atoms with Crippen LogP contribution in [0.15, 0.2) is 24.5 Å². The predicted molar refractivity (Wildman–Crippen MR) is 60.1 cm³/mol. The van der Waals surface area contributed by atoms with Gasteiger partial charge in [-0.15, -0.1) is 0 Å². The molecule has 1 aliphatic heterocycles. The average Bonchev–Trinajstić information content (AvgIpc) is 2.22. The Labute approximate surface area is 95.5 Å². The zero-order valence-corrected chi connectivity index (χ0v) is 9.35. The van der Waals surface area contributed by atoms with Gasteiger partial charge in [-0.1, -0.05) is 6.42 Å². The molecular formula is C13H17NO2. The van der Waals surface area contributed by atoms with E-state index in [2.05, 4.69) is 17.1 Å². The van der Waals surface area contributed by atoms with Gasteiger partial charge in [0.15, 0.2) is 0 Å². The van der Waals surface area contributed by atoms with Gasteiger partial charge in [-0.25, -0.2) is 0 Å². The maximum atomic E-state index is 9.73. The van der Waals surface area contributed by atoms with E-state index in [9.17, 15) is 5.11 Å². The van der Waals surface area contributed by atoms with Crippen LogP contribution in [0.4, 0.5) is 0 Å². The van der Waals surface area contributed by atoms with Crippen molar-refractivity contribution in [2.45, 2.75) is 24.7 Å². The molecule has 0 unspecified atom stereocenters. The van der Waals surface area contributed by atoms with E-state index in [1.807, 2.05) is 12.4 Å². The van der Waals surface area contributed by atoms with Gasteiger partial charge in [-0.3, -0.25) is 4.98 Å². The molecule has 1 aliphatic carbocycles. The van der Waals surface area contributed by atoms with Gasteiger partial charge >= 0.3 is 0 Å². The molecule has 1 saturated heterocycles. The lowest BCUT2D eigenvalue weighted by Gasteiger charge is -2.59. The molecular weight excluding hydrogens is 202 g/mol. The van der Waals surface area contributed by atoms with Gasteiger partial charge in [0.2, 0.25) is 0 Å². The lowest BCUT2D eigenvalue weighted by molar-refractivity contribution is -0.173. The van der Waals surface area contributed by atoms with Crippen LogP contribution in [-0.2, 0) is 10.2 Å². The van der Waals surface area contributed by atoms with Crippen molar-refractivity contribution in [1.82, 2.24) is 4.98 Å². The van der Waals surface area contributed by atoms with Crippen molar-refractivity contribution >= 4 is 0 Å². The van der Waals surface area contributed by atoms with Crippen molar-refractivity contribution in [3.8, 4) is 0 Å². The molecule has 2 heterocycles. The van der Waals surface area contributed by atoms with Crippen molar-refractivity contribution in [1.29, 1.82) is 0 Å². The van der Waals surface area contributed by atoms with Crippen LogP contribution in [0.1, 0.15) is 24.8 Å². The zero-order valence-electron chi connectivity index (χ0n) is 9.35. The number of rotatable bonds is 3. The summed E-state index contributed by atoms with van der Waals surface area (Å²) < 4.78 is 5.44. The summed E-state index contributed by atoms with van der Waals surface area (Å²) in [6.45, 7) is 1.77. The van der Waals surface area contributed by atoms with Crippen molar-refractivity contribution in [3.05, 3.63) is 30.1 Å². The summed E-state index contributed by atoms with van der Waals surface area (Å²) in [7, 11) is 0. The first kappa shape index (κ1) is 10.2. The highest BCUT2D eigenvalue weighted by atomic mass is 16.5. The summed E-state index contributed by atoms with van der Waals surface area (Å²) >= 11 is 0. The van der Waals surface area contributed by atoms with Gasteiger partial charge in [0.25, 0.3) is 0 Å². The van der Waals surface area contributed by atoms with E-state index >= 15 is 0 Å². The molecule has 2 fully saturated rings. The molecule has 1 saturated carbocycles. The topological polar surface area (TPSA) is 42.4 Å². The summed E-state index contributed by atoms with van der Waals surface area (Å²) in [5.41, 5.74) is 1.39. The van der Waals surface area contributed by atoms with E-state index in [-0.39, 0.29) is 17.4 Å². The fourth-order valence-electron chi connectivity index (χ4n) is 3.15. The molecule has 1 aromatic rings. The van der Waals surface area contributed by atoms with Gasteiger partial charge < -0.3 is 9.84 Å². The van der Waals surface area contributed by atoms with Gasteiger partial charge in [-0.2, -0.15) is 0 Å². The first-order valence-corrected chi connectivity index (χ1v) is 5.92. The van der Waals surface area contributed by atoms with Gasteiger partial charge in [0, 0.05) is 29.8 Å². The number of hydrogen-bond acceptors (Lipinski definition) is 3. The zero-order chi connectivity index (χ0) is 11.1. The van der Waals surface area contributed by atoms with Crippen LogP contribution in [0.2, 0.25) is 0 Å². The molecule has 3 heteroatoms. The molecule has 86 valence electrons. The lowest BCUT2D eigenvalue weighted by atomic mass is 9.50. The third kappa shape index (κ3) is 1.13. The van der Waals surface area contributed by atoms with E-state index < -0.39 is 0 Å². The molecule has 0 amide bonds. The van der Waals surface area contributed by atoms with Crippen LogP contribution in [0.5, 0.6) is 0 Å². The Morgan fingerprint density at radius 2 is 1.94 bits per heavy atom. The maximum Gasteiger partial charge on any atom is 0.0591 e. The smallest absolute Gasteiger partial charge is 0.0591 e. The lowest BCUT2D eigenvalue weighted by Crippen LogP contribution is -2.63. The molecule has 0 radical (unpaired) electrons. The molecule has 16 heavy (non-hydrogen) atoms. The Bertz CT molecular complexity index is 363. The van der Waals surface area contributed by atoms with Crippen LogP contribution in [0.3, 0.4) is 0 Å². The van der Waals surface area contributed by atoms with Crippen molar-refractivity contribution in [3.63, 3.8) is 0 Å². The largest absolute Gasteiger partial charge is 0.396 e. The maximum absolute atomic E-state index is 9.73. The van der Waals surface area contributed by atoms with Crippen LogP contribution < -0.4 is 0 Å². The molecule has 2 aliphatic rings. The predicted octanol–water partition coefficient (Wildman–Crippen LogP) is 1.51. The number of aliphatic hydroxyl groups is 1. The number of hydrogen-bond donors (Lipinski definition) is 1. The Balaban J connectivity index is 2.00. The summed E-state index contributed by atoms with van der Waals surface area (Å²) in [6.07, 6.45) is 7.13. The van der Waals surface area contributed by atoms with Crippen molar-refractivity contribution < 1.29 is 9.84 Å². The summed E-state index contributed by atoms with van der Waals surface area (Å²) in [5, 5.41) is 9.73. The van der Waals surface area contributed by atoms with E-state index in [1.54, 1.807) is 0 Å². The van der Waals surface area contributed by atoms with Crippen molar-refractivity contribution in [2.75, 3.05) is 19.8 Å². The highest BCUT2D eigenvalue weighted by Crippen LogP contribution is 2.57. The average molecular weight is 219 g/mol. The molecule has 1 aromatic heterocycles. The summed E-state index contributed by atoms with van der Waals surface area (Å²) in [4.78, 5) is 4.07. The molecule has 3 nitrogen and oxygen atoms in total. The Morgan fingerprint density at radius 1 is 1.25 bits per heavy atom. The normalized spacial score (nSPS) is 25.6. The van der Waals surface area contributed by atoms with E-state index in [4.69, 9.17) is 4.74 Å². The van der Waals surface area contributed by atoms with Gasteiger partial charge in [-0.05, 0) is 30.5 Å². The summed E-state index contributed by atoms with van der Waals surface area (Å²) in [6, 6.07) is 4.14. The second-order valence-corrected chi connectivity index (χ2v) is 5.10. The third-order valence-electron chi connectivity index (χ3n) is 4.56. The third-order valence-corrected chi connectivity index (χ3v) is 4.56. The van der Waals surface area contributed by atoms with E-state index in [0.717, 1.165) is 26.1 Å². The monoisotopic (exact) mass is 219 g/mol. The highest BCUT2D eigenvalue weighted by molar-refractivity contribution is 5.31. The van der Waals surface area contributed by atoms with E-state index in [1.165, 1.54) is 12.0 Å². The van der Waals surface area contributed by atoms with Crippen LogP contribution in [-0.4, -0.2) is 29.9 Å². The second kappa shape index (κ2) is 3.54. The Kier molecular flexibility index (Phi) is 2.26. The van der Waals surface area contributed by atoms with Crippen LogP contribution in [0.25, 0.3) is 0 Å². The highest BCUT2D eigenvalue weighted by Gasteiger charge is 2.59. The molecule has 1 N–H and O–H groups in total. The minimum absolute atomic E-state index is 0.0446.